The Bertz CT molecular complexity index is 1220. The zero-order valence-corrected chi connectivity index (χ0v) is 25.5. The van der Waals surface area contributed by atoms with Gasteiger partial charge in [-0.3, -0.25) is 19.3 Å². The predicted molar refractivity (Wildman–Crippen MR) is 164 cm³/mol. The molecule has 1 aliphatic carbocycles. The zero-order chi connectivity index (χ0) is 29.9. The van der Waals surface area contributed by atoms with Gasteiger partial charge in [0.2, 0.25) is 11.8 Å². The molecular formula is C32H43N5O4S. The molecule has 9 nitrogen and oxygen atoms in total. The van der Waals surface area contributed by atoms with Crippen molar-refractivity contribution in [2.24, 2.45) is 5.92 Å². The first kappa shape index (κ1) is 31.5. The molecule has 2 atom stereocenters. The van der Waals surface area contributed by atoms with Gasteiger partial charge in [0.1, 0.15) is 11.5 Å². The maximum Gasteiger partial charge on any atom is 0.327 e. The number of carbonyl (C=O) groups excluding carboxylic acids is 4. The predicted octanol–water partition coefficient (Wildman–Crippen LogP) is 4.57. The van der Waals surface area contributed by atoms with Crippen LogP contribution in [0.1, 0.15) is 73.6 Å². The normalized spacial score (nSPS) is 16.3. The monoisotopic (exact) mass is 593 g/mol. The van der Waals surface area contributed by atoms with E-state index in [0.717, 1.165) is 59.9 Å². The van der Waals surface area contributed by atoms with Gasteiger partial charge in [-0.15, -0.1) is 0 Å². The van der Waals surface area contributed by atoms with Crippen LogP contribution in [0.5, 0.6) is 0 Å². The van der Waals surface area contributed by atoms with Crippen molar-refractivity contribution in [2.45, 2.75) is 89.1 Å². The van der Waals surface area contributed by atoms with E-state index >= 15 is 0 Å². The molecule has 42 heavy (non-hydrogen) atoms. The number of likely N-dealkylation sites (N-methyl/N-ethyl adjacent to an activating group) is 1. The lowest BCUT2D eigenvalue weighted by atomic mass is 9.86. The highest BCUT2D eigenvalue weighted by Crippen LogP contribution is 2.31. The van der Waals surface area contributed by atoms with Crippen LogP contribution in [0.2, 0.25) is 0 Å². The van der Waals surface area contributed by atoms with Crippen LogP contribution in [0.3, 0.4) is 0 Å². The van der Waals surface area contributed by atoms with E-state index in [2.05, 4.69) is 33.2 Å². The SMILES string of the molecule is Cc1ccc2c(c1)CN(C(=O)NS[C@@H](CC1CCCCC1)C(=O)N[C@H](C=O)CCC(=O)N(C)CCc1ccncc1)C2. The summed E-state index contributed by atoms with van der Waals surface area (Å²) in [7, 11) is 1.75. The van der Waals surface area contributed by atoms with Gasteiger partial charge < -0.3 is 19.9 Å². The molecule has 2 heterocycles. The van der Waals surface area contributed by atoms with Crippen molar-refractivity contribution in [3.05, 3.63) is 65.0 Å². The highest BCUT2D eigenvalue weighted by Gasteiger charge is 2.29. The molecule has 4 rings (SSSR count). The van der Waals surface area contributed by atoms with E-state index in [4.69, 9.17) is 0 Å². The molecule has 10 heteroatoms. The highest BCUT2D eigenvalue weighted by molar-refractivity contribution is 7.99. The number of fused-ring (bicyclic) bond motifs is 1. The number of amides is 4. The van der Waals surface area contributed by atoms with Crippen molar-refractivity contribution >= 4 is 36.1 Å². The number of hydrogen-bond acceptors (Lipinski definition) is 6. The Morgan fingerprint density at radius 3 is 2.57 bits per heavy atom. The summed E-state index contributed by atoms with van der Waals surface area (Å²) in [6.45, 7) is 3.68. The Labute approximate surface area is 253 Å². The Morgan fingerprint density at radius 2 is 1.83 bits per heavy atom. The number of pyridine rings is 1. The van der Waals surface area contributed by atoms with E-state index in [9.17, 15) is 19.2 Å². The van der Waals surface area contributed by atoms with Crippen LogP contribution >= 0.6 is 11.9 Å². The topological polar surface area (TPSA) is 112 Å². The van der Waals surface area contributed by atoms with E-state index in [1.165, 1.54) is 6.42 Å². The van der Waals surface area contributed by atoms with Gasteiger partial charge in [-0.1, -0.05) is 55.9 Å². The Hall–Kier alpha value is -3.40. The summed E-state index contributed by atoms with van der Waals surface area (Å²) in [6.07, 6.45) is 11.5. The Morgan fingerprint density at radius 1 is 1.10 bits per heavy atom. The summed E-state index contributed by atoms with van der Waals surface area (Å²) < 4.78 is 2.92. The smallest absolute Gasteiger partial charge is 0.327 e. The number of urea groups is 1. The van der Waals surface area contributed by atoms with Crippen LogP contribution in [0.25, 0.3) is 0 Å². The minimum atomic E-state index is -0.767. The van der Waals surface area contributed by atoms with Crippen LogP contribution in [0.15, 0.2) is 42.7 Å². The average Bonchev–Trinajstić information content (AvgIpc) is 3.44. The van der Waals surface area contributed by atoms with Gasteiger partial charge in [0.25, 0.3) is 0 Å². The molecule has 0 radical (unpaired) electrons. The number of carbonyl (C=O) groups is 4. The lowest BCUT2D eigenvalue weighted by molar-refractivity contribution is -0.130. The van der Waals surface area contributed by atoms with E-state index < -0.39 is 11.3 Å². The largest absolute Gasteiger partial charge is 0.346 e. The van der Waals surface area contributed by atoms with Gasteiger partial charge in [0.15, 0.2) is 0 Å². The summed E-state index contributed by atoms with van der Waals surface area (Å²) in [5, 5.41) is 2.33. The van der Waals surface area contributed by atoms with Gasteiger partial charge in [0.05, 0.1) is 6.04 Å². The number of hydrogen-bond donors (Lipinski definition) is 2. The standard InChI is InChI=1S/C32H43N5O4S/c1-23-8-9-26-20-37(21-27(26)18-23)32(41)35-42-29(19-25-6-4-3-5-7-25)31(40)34-28(22-38)10-11-30(39)36(2)17-14-24-12-15-33-16-13-24/h8-9,12-13,15-16,18,22,25,28-29H,3-7,10-11,14,17,19-21H2,1-2H3,(H,34,40)(H,35,41)/t28-,29-/m0/s1. The molecule has 0 saturated heterocycles. The van der Waals surface area contributed by atoms with Gasteiger partial charge in [0, 0.05) is 45.5 Å². The molecule has 1 aromatic heterocycles. The summed E-state index contributed by atoms with van der Waals surface area (Å²) in [5.74, 6) is 0.0531. The number of aldehydes is 1. The molecule has 2 aromatic rings. The molecule has 2 aliphatic rings. The van der Waals surface area contributed by atoms with E-state index in [-0.39, 0.29) is 30.7 Å². The second kappa shape index (κ2) is 15.7. The lowest BCUT2D eigenvalue weighted by Crippen LogP contribution is -2.44. The van der Waals surface area contributed by atoms with Gasteiger partial charge in [-0.25, -0.2) is 4.79 Å². The fraction of sp³-hybridized carbons (Fsp3) is 0.531. The number of rotatable bonds is 13. The highest BCUT2D eigenvalue weighted by atomic mass is 32.2. The number of nitrogens with zero attached hydrogens (tertiary/aromatic N) is 3. The molecule has 0 bridgehead atoms. The van der Waals surface area contributed by atoms with Crippen LogP contribution < -0.4 is 10.0 Å². The van der Waals surface area contributed by atoms with Crippen molar-refractivity contribution in [3.63, 3.8) is 0 Å². The molecule has 1 fully saturated rings. The molecule has 226 valence electrons. The summed E-state index contributed by atoms with van der Waals surface area (Å²) in [6, 6.07) is 9.08. The Balaban J connectivity index is 1.28. The first-order valence-electron chi connectivity index (χ1n) is 15.0. The summed E-state index contributed by atoms with van der Waals surface area (Å²) in [5.41, 5.74) is 4.56. The molecule has 1 saturated carbocycles. The Kier molecular flexibility index (Phi) is 11.8. The number of nitrogens with one attached hydrogen (secondary N) is 2. The van der Waals surface area contributed by atoms with Crippen molar-refractivity contribution < 1.29 is 19.2 Å². The van der Waals surface area contributed by atoms with Crippen LogP contribution in [0.4, 0.5) is 4.79 Å². The lowest BCUT2D eigenvalue weighted by Gasteiger charge is -2.27. The first-order chi connectivity index (χ1) is 20.3. The third kappa shape index (κ3) is 9.31. The van der Waals surface area contributed by atoms with Crippen molar-refractivity contribution in [2.75, 3.05) is 13.6 Å². The zero-order valence-electron chi connectivity index (χ0n) is 24.7. The fourth-order valence-electron chi connectivity index (χ4n) is 5.68. The quantitative estimate of drug-likeness (QED) is 0.260. The van der Waals surface area contributed by atoms with Gasteiger partial charge in [-0.05, 0) is 72.9 Å². The molecular weight excluding hydrogens is 550 g/mol. The van der Waals surface area contributed by atoms with Crippen molar-refractivity contribution in [3.8, 4) is 0 Å². The number of benzene rings is 1. The second-order valence-electron chi connectivity index (χ2n) is 11.6. The van der Waals surface area contributed by atoms with E-state index in [1.54, 1.807) is 29.2 Å². The van der Waals surface area contributed by atoms with Crippen molar-refractivity contribution in [1.29, 1.82) is 0 Å². The van der Waals surface area contributed by atoms with Crippen LogP contribution in [-0.2, 0) is 33.9 Å². The third-order valence-electron chi connectivity index (χ3n) is 8.30. The summed E-state index contributed by atoms with van der Waals surface area (Å²) >= 11 is 1.14. The minimum absolute atomic E-state index is 0.0765. The molecule has 0 spiro atoms. The fourth-order valence-corrected chi connectivity index (χ4v) is 6.59. The molecule has 4 amide bonds. The van der Waals surface area contributed by atoms with Crippen molar-refractivity contribution in [1.82, 2.24) is 24.8 Å². The molecule has 2 N–H and O–H groups in total. The number of aryl methyl sites for hydroxylation is 1. The molecule has 1 aliphatic heterocycles. The molecule has 1 aromatic carbocycles. The van der Waals surface area contributed by atoms with E-state index in [0.29, 0.717) is 44.7 Å². The van der Waals surface area contributed by atoms with Crippen LogP contribution in [-0.4, -0.2) is 63.8 Å². The van der Waals surface area contributed by atoms with E-state index in [1.807, 2.05) is 19.1 Å². The summed E-state index contributed by atoms with van der Waals surface area (Å²) in [4.78, 5) is 58.5. The first-order valence-corrected chi connectivity index (χ1v) is 15.9. The van der Waals surface area contributed by atoms with Gasteiger partial charge in [-0.2, -0.15) is 0 Å². The molecule has 0 unspecified atom stereocenters. The third-order valence-corrected chi connectivity index (χ3v) is 9.28. The number of aromatic nitrogens is 1. The van der Waals surface area contributed by atoms with Crippen LogP contribution in [0, 0.1) is 12.8 Å². The maximum atomic E-state index is 13.4. The van der Waals surface area contributed by atoms with Gasteiger partial charge >= 0.3 is 6.03 Å². The second-order valence-corrected chi connectivity index (χ2v) is 12.6. The average molecular weight is 594 g/mol. The maximum absolute atomic E-state index is 13.4. The minimum Gasteiger partial charge on any atom is -0.346 e.